The molecule has 2 aromatic heterocycles. The highest BCUT2D eigenvalue weighted by Gasteiger charge is 2.54. The molecular weight excluding hydrogens is 1300 g/mol. The highest BCUT2D eigenvalue weighted by molar-refractivity contribution is 6.33. The molecule has 22 heteroatoms. The first kappa shape index (κ1) is 73.8. The summed E-state index contributed by atoms with van der Waals surface area (Å²) in [5, 5.41) is 6.85. The van der Waals surface area contributed by atoms with Gasteiger partial charge in [0.1, 0.15) is 29.7 Å². The Morgan fingerprint density at radius 2 is 1.08 bits per heavy atom. The van der Waals surface area contributed by atoms with Crippen LogP contribution in [0.3, 0.4) is 0 Å². The molecule has 2 atom stereocenters. The van der Waals surface area contributed by atoms with Crippen molar-refractivity contribution < 1.29 is 43.0 Å². The minimum atomic E-state index is -1.64. The number of carbonyl (C=O) groups is 6. The molecule has 8 aromatic rings. The van der Waals surface area contributed by atoms with Gasteiger partial charge in [0.05, 0.1) is 51.9 Å². The molecule has 0 saturated carbocycles. The van der Waals surface area contributed by atoms with Gasteiger partial charge in [-0.3, -0.25) is 37.9 Å². The standard InChI is InChI=1S/C45H58ClN5O5.C32H31ClN4O6/c1-3-4-5-6-7-8-9-10-11-12-13-14-15-16-17-23-30-50-42(47-37-27-22-21-26-36(37)44(50)54)41(43(53)48-38-31-35(46)28-29-39(38)56-2)51-40(52)33-49(45(51)55)32-34-24-19-18-20-25-34;1-19-14-15-25(20(2)18-19)42-17-9-16-36-27(34-23-12-7-5-10-21(23)29(36)39)26(37-30(40)32(3,4)43-31(37)41)28(38)35-24-13-8-6-11-22(24)33/h18-22,24-29,31,41H,3-17,23,30,32-33H2,1-2H3,(H,48,53);5-8,10-15,18,26H,9,16-17H2,1-4H3,(H,35,38). The first-order chi connectivity index (χ1) is 47.8. The number of hydrogen-bond donors (Lipinski definition) is 2. The second kappa shape index (κ2) is 35.4. The molecule has 99 heavy (non-hydrogen) atoms. The minimum absolute atomic E-state index is 0.0245. The third-order valence-electron chi connectivity index (χ3n) is 17.7. The molecule has 0 spiro atoms. The molecule has 2 saturated heterocycles. The van der Waals surface area contributed by atoms with Crippen molar-refractivity contribution >= 4 is 92.1 Å². The van der Waals surface area contributed by atoms with Crippen molar-refractivity contribution in [2.45, 2.75) is 181 Å². The lowest BCUT2D eigenvalue weighted by molar-refractivity contribution is -0.139. The van der Waals surface area contributed by atoms with Gasteiger partial charge in [0.2, 0.25) is 0 Å². The van der Waals surface area contributed by atoms with Gasteiger partial charge in [-0.1, -0.05) is 211 Å². The Hall–Kier alpha value is -9.40. The highest BCUT2D eigenvalue weighted by atomic mass is 35.5. The summed E-state index contributed by atoms with van der Waals surface area (Å²) in [4.78, 5) is 124. The molecule has 2 aliphatic rings. The monoisotopic (exact) mass is 1390 g/mol. The number of rotatable bonds is 33. The zero-order valence-electron chi connectivity index (χ0n) is 57.4. The van der Waals surface area contributed by atoms with Gasteiger partial charge in [-0.15, -0.1) is 0 Å². The molecule has 7 amide bonds. The average molecular weight is 1390 g/mol. The van der Waals surface area contributed by atoms with Crippen LogP contribution in [0.4, 0.5) is 21.0 Å². The highest BCUT2D eigenvalue weighted by Crippen LogP contribution is 2.36. The lowest BCUT2D eigenvalue weighted by Crippen LogP contribution is -2.46. The van der Waals surface area contributed by atoms with Gasteiger partial charge >= 0.3 is 12.1 Å². The molecular formula is C77H89Cl2N9O11. The van der Waals surface area contributed by atoms with E-state index in [1.807, 2.05) is 62.4 Å². The van der Waals surface area contributed by atoms with Crippen molar-refractivity contribution in [2.75, 3.05) is 30.9 Å². The number of aromatic nitrogens is 4. The Kier molecular flexibility index (Phi) is 26.4. The number of aryl methyl sites for hydroxylation is 2. The topological polar surface area (TPSA) is 234 Å². The van der Waals surface area contributed by atoms with E-state index in [1.54, 1.807) is 84.9 Å². The van der Waals surface area contributed by atoms with Gasteiger partial charge in [0.25, 0.3) is 34.7 Å². The molecule has 0 bridgehead atoms. The SMILES string of the molecule is CCCCCCCCCCCCCCCCCCn1c(C(C(=O)Nc2cc(Cl)ccc2OC)N2C(=O)CN(Cc3ccccc3)C2=O)nc2ccccc2c1=O.Cc1ccc(OCCCn2c(C(C(=O)Nc3ccccc3Cl)N3C(=O)OC(C)(C)C3=O)nc3ccccc3c2=O)c(C)c1. The van der Waals surface area contributed by atoms with Crippen LogP contribution >= 0.6 is 23.2 Å². The molecule has 2 aliphatic heterocycles. The van der Waals surface area contributed by atoms with Crippen LogP contribution in [0, 0.1) is 13.8 Å². The van der Waals surface area contributed by atoms with Crippen LogP contribution in [0.25, 0.3) is 21.8 Å². The molecule has 2 unspecified atom stereocenters. The number of benzene rings is 6. The van der Waals surface area contributed by atoms with Gasteiger partial charge in [-0.2, -0.15) is 0 Å². The fraction of sp³-hybridized carbons (Fsp3) is 0.403. The number of hydrogen-bond acceptors (Lipinski definition) is 13. The number of ether oxygens (including phenoxy) is 3. The zero-order chi connectivity index (χ0) is 70.6. The van der Waals surface area contributed by atoms with Crippen LogP contribution in [0.1, 0.15) is 170 Å². The first-order valence-electron chi connectivity index (χ1n) is 34.4. The van der Waals surface area contributed by atoms with Crippen LogP contribution in [0.15, 0.2) is 149 Å². The number of methoxy groups -OCH3 is 1. The van der Waals surface area contributed by atoms with Crippen molar-refractivity contribution in [2.24, 2.45) is 0 Å². The largest absolute Gasteiger partial charge is 0.495 e. The number of unbranched alkanes of at least 4 members (excludes halogenated alkanes) is 15. The number of nitrogens with one attached hydrogen (secondary N) is 2. The number of cyclic esters (lactones) is 1. The predicted octanol–water partition coefficient (Wildman–Crippen LogP) is 16.0. The number of fused-ring (bicyclic) bond motifs is 2. The lowest BCUT2D eigenvalue weighted by atomic mass is 10.0. The number of carbonyl (C=O) groups excluding carboxylic acids is 6. The molecule has 2 N–H and O–H groups in total. The van der Waals surface area contributed by atoms with Crippen LogP contribution in [-0.2, 0) is 43.5 Å². The van der Waals surface area contributed by atoms with E-state index >= 15 is 0 Å². The maximum Gasteiger partial charge on any atom is 0.418 e. The second-order valence-corrected chi connectivity index (χ2v) is 26.6. The Morgan fingerprint density at radius 3 is 1.63 bits per heavy atom. The average Bonchev–Trinajstić information content (AvgIpc) is 1.74. The lowest BCUT2D eigenvalue weighted by Gasteiger charge is -2.28. The van der Waals surface area contributed by atoms with Gasteiger partial charge in [-0.05, 0) is 112 Å². The van der Waals surface area contributed by atoms with E-state index in [4.69, 9.17) is 42.4 Å². The second-order valence-electron chi connectivity index (χ2n) is 25.7. The van der Waals surface area contributed by atoms with Crippen LogP contribution in [0.5, 0.6) is 11.5 Å². The van der Waals surface area contributed by atoms with Crippen molar-refractivity contribution in [3.63, 3.8) is 0 Å². The van der Waals surface area contributed by atoms with Crippen LogP contribution in [-0.4, -0.2) is 95.4 Å². The van der Waals surface area contributed by atoms with E-state index in [1.165, 1.54) is 118 Å². The summed E-state index contributed by atoms with van der Waals surface area (Å²) >= 11 is 12.6. The van der Waals surface area contributed by atoms with Crippen LogP contribution < -0.4 is 31.2 Å². The molecule has 2 fully saturated rings. The van der Waals surface area contributed by atoms with Crippen molar-refractivity contribution in [1.29, 1.82) is 0 Å². The van der Waals surface area contributed by atoms with E-state index in [-0.39, 0.29) is 66.4 Å². The summed E-state index contributed by atoms with van der Waals surface area (Å²) in [6.07, 6.45) is 18.9. The molecule has 10 rings (SSSR count). The first-order valence-corrected chi connectivity index (χ1v) is 35.2. The number of imide groups is 2. The number of para-hydroxylation sites is 3. The fourth-order valence-electron chi connectivity index (χ4n) is 12.5. The third-order valence-corrected chi connectivity index (χ3v) is 18.3. The molecule has 20 nitrogen and oxygen atoms in total. The minimum Gasteiger partial charge on any atom is -0.495 e. The van der Waals surface area contributed by atoms with Crippen molar-refractivity contribution in [3.8, 4) is 11.5 Å². The zero-order valence-corrected chi connectivity index (χ0v) is 58.9. The number of urea groups is 1. The summed E-state index contributed by atoms with van der Waals surface area (Å²) in [6.45, 7) is 9.65. The smallest absolute Gasteiger partial charge is 0.418 e. The van der Waals surface area contributed by atoms with E-state index in [0.717, 1.165) is 46.6 Å². The van der Waals surface area contributed by atoms with E-state index in [9.17, 15) is 38.4 Å². The Morgan fingerprint density at radius 1 is 0.576 bits per heavy atom. The quantitative estimate of drug-likeness (QED) is 0.0288. The summed E-state index contributed by atoms with van der Waals surface area (Å²) in [5.41, 5.74) is 1.84. The van der Waals surface area contributed by atoms with Gasteiger partial charge in [0, 0.05) is 24.7 Å². The third kappa shape index (κ3) is 18.9. The number of halogens is 2. The number of amides is 7. The molecule has 4 heterocycles. The van der Waals surface area contributed by atoms with Crippen molar-refractivity contribution in [1.82, 2.24) is 33.8 Å². The van der Waals surface area contributed by atoms with Gasteiger partial charge in [-0.25, -0.2) is 29.4 Å². The Balaban J connectivity index is 0.000000239. The Labute approximate surface area is 587 Å². The molecule has 0 aliphatic carbocycles. The number of anilines is 2. The summed E-state index contributed by atoms with van der Waals surface area (Å²) in [5.74, 6) is -1.85. The van der Waals surface area contributed by atoms with Gasteiger partial charge in [0.15, 0.2) is 17.7 Å². The normalized spacial score (nSPS) is 14.1. The molecule has 0 radical (unpaired) electrons. The van der Waals surface area contributed by atoms with E-state index < -0.39 is 59.0 Å². The van der Waals surface area contributed by atoms with Crippen molar-refractivity contribution in [3.05, 3.63) is 199 Å². The van der Waals surface area contributed by atoms with Gasteiger partial charge < -0.3 is 29.7 Å². The maximum atomic E-state index is 14.5. The Bertz CT molecular complexity index is 4290. The predicted molar refractivity (Wildman–Crippen MR) is 386 cm³/mol. The summed E-state index contributed by atoms with van der Waals surface area (Å²) in [6, 6.07) is 36.3. The van der Waals surface area contributed by atoms with Crippen LogP contribution in [0.2, 0.25) is 10.0 Å². The maximum absolute atomic E-state index is 14.5. The summed E-state index contributed by atoms with van der Waals surface area (Å²) < 4.78 is 19.6. The summed E-state index contributed by atoms with van der Waals surface area (Å²) in [7, 11) is 1.46. The number of nitrogens with zero attached hydrogens (tertiary/aromatic N) is 7. The molecule has 6 aromatic carbocycles. The van der Waals surface area contributed by atoms with E-state index in [0.29, 0.717) is 50.3 Å². The molecule has 522 valence electrons. The van der Waals surface area contributed by atoms with E-state index in [2.05, 4.69) is 22.5 Å². The fourth-order valence-corrected chi connectivity index (χ4v) is 12.9.